The molecule has 6 nitrogen and oxygen atoms in total. The highest BCUT2D eigenvalue weighted by molar-refractivity contribution is 5.94. The number of carbonyl (C=O) groups is 1. The van der Waals surface area contributed by atoms with Crippen LogP contribution in [-0.2, 0) is 6.54 Å². The zero-order chi connectivity index (χ0) is 13.7. The molecule has 3 N–H and O–H groups in total. The third-order valence-electron chi connectivity index (χ3n) is 2.58. The molecule has 100 valence electrons. The van der Waals surface area contributed by atoms with Gasteiger partial charge in [0.2, 0.25) is 0 Å². The topological polar surface area (TPSA) is 85.8 Å². The standard InChI is InChI=1S/C12H14FN5O/c13-10-3-2-9(8-11(10)14)12(19)15-4-1-6-18-7-5-16-17-18/h2-3,5,7-8H,1,4,6,14H2,(H,15,19). The number of rotatable bonds is 5. The van der Waals surface area contributed by atoms with Crippen LogP contribution in [0, 0.1) is 5.82 Å². The molecule has 1 aromatic carbocycles. The first kappa shape index (κ1) is 13.0. The van der Waals surface area contributed by atoms with Crippen LogP contribution in [0.4, 0.5) is 10.1 Å². The third-order valence-corrected chi connectivity index (χ3v) is 2.58. The third kappa shape index (κ3) is 3.51. The van der Waals surface area contributed by atoms with Gasteiger partial charge in [0.1, 0.15) is 5.82 Å². The summed E-state index contributed by atoms with van der Waals surface area (Å²) in [6, 6.07) is 3.90. The van der Waals surface area contributed by atoms with Crippen LogP contribution in [0.2, 0.25) is 0 Å². The van der Waals surface area contributed by atoms with E-state index >= 15 is 0 Å². The van der Waals surface area contributed by atoms with E-state index in [0.717, 1.165) is 6.42 Å². The van der Waals surface area contributed by atoms with Gasteiger partial charge in [-0.15, -0.1) is 5.10 Å². The molecule has 19 heavy (non-hydrogen) atoms. The number of aryl methyl sites for hydroxylation is 1. The van der Waals surface area contributed by atoms with Crippen molar-refractivity contribution in [2.24, 2.45) is 0 Å². The monoisotopic (exact) mass is 263 g/mol. The fourth-order valence-corrected chi connectivity index (χ4v) is 1.58. The SMILES string of the molecule is Nc1cc(C(=O)NCCCn2ccnn2)ccc1F. The van der Waals surface area contributed by atoms with Crippen LogP contribution in [0.25, 0.3) is 0 Å². The van der Waals surface area contributed by atoms with Crippen molar-refractivity contribution in [3.63, 3.8) is 0 Å². The van der Waals surface area contributed by atoms with Crippen molar-refractivity contribution in [1.82, 2.24) is 20.3 Å². The van der Waals surface area contributed by atoms with Crippen molar-refractivity contribution in [2.45, 2.75) is 13.0 Å². The minimum absolute atomic E-state index is 0.0322. The molecule has 0 saturated heterocycles. The van der Waals surface area contributed by atoms with E-state index in [-0.39, 0.29) is 11.6 Å². The predicted octanol–water partition coefficient (Wildman–Crippen LogP) is 0.819. The maximum absolute atomic E-state index is 13.0. The highest BCUT2D eigenvalue weighted by atomic mass is 19.1. The zero-order valence-corrected chi connectivity index (χ0v) is 10.2. The number of amides is 1. The van der Waals surface area contributed by atoms with Gasteiger partial charge < -0.3 is 11.1 Å². The first-order valence-electron chi connectivity index (χ1n) is 5.84. The second kappa shape index (κ2) is 5.94. The van der Waals surface area contributed by atoms with Crippen LogP contribution in [-0.4, -0.2) is 27.4 Å². The van der Waals surface area contributed by atoms with Gasteiger partial charge in [-0.2, -0.15) is 0 Å². The molecular weight excluding hydrogens is 249 g/mol. The lowest BCUT2D eigenvalue weighted by Crippen LogP contribution is -2.25. The van der Waals surface area contributed by atoms with E-state index in [0.29, 0.717) is 18.7 Å². The number of nitrogens with two attached hydrogens (primary N) is 1. The van der Waals surface area contributed by atoms with E-state index in [1.54, 1.807) is 17.1 Å². The summed E-state index contributed by atoms with van der Waals surface area (Å²) < 4.78 is 14.6. The minimum atomic E-state index is -0.525. The summed E-state index contributed by atoms with van der Waals surface area (Å²) in [5.74, 6) is -0.798. The summed E-state index contributed by atoms with van der Waals surface area (Å²) in [5.41, 5.74) is 5.72. The summed E-state index contributed by atoms with van der Waals surface area (Å²) in [6.07, 6.45) is 4.08. The van der Waals surface area contributed by atoms with Crippen molar-refractivity contribution >= 4 is 11.6 Å². The Labute approximate surface area is 109 Å². The number of halogens is 1. The van der Waals surface area contributed by atoms with Gasteiger partial charge in [-0.05, 0) is 24.6 Å². The van der Waals surface area contributed by atoms with E-state index in [9.17, 15) is 9.18 Å². The summed E-state index contributed by atoms with van der Waals surface area (Å²) in [5, 5.41) is 10.2. The Morgan fingerprint density at radius 2 is 2.32 bits per heavy atom. The van der Waals surface area contributed by atoms with Gasteiger partial charge in [0.25, 0.3) is 5.91 Å². The number of anilines is 1. The van der Waals surface area contributed by atoms with Crippen molar-refractivity contribution in [3.05, 3.63) is 42.0 Å². The Morgan fingerprint density at radius 3 is 3.00 bits per heavy atom. The molecule has 0 aliphatic carbocycles. The largest absolute Gasteiger partial charge is 0.396 e. The van der Waals surface area contributed by atoms with Crippen LogP contribution in [0.3, 0.4) is 0 Å². The van der Waals surface area contributed by atoms with Gasteiger partial charge in [0.15, 0.2) is 0 Å². The molecule has 0 fully saturated rings. The number of hydrogen-bond acceptors (Lipinski definition) is 4. The summed E-state index contributed by atoms with van der Waals surface area (Å²) in [6.45, 7) is 1.17. The smallest absolute Gasteiger partial charge is 0.251 e. The van der Waals surface area contributed by atoms with Crippen LogP contribution >= 0.6 is 0 Å². The van der Waals surface area contributed by atoms with Crippen molar-refractivity contribution < 1.29 is 9.18 Å². The summed E-state index contributed by atoms with van der Waals surface area (Å²) in [4.78, 5) is 11.7. The molecule has 0 unspecified atom stereocenters. The Balaban J connectivity index is 1.79. The van der Waals surface area contributed by atoms with Crippen LogP contribution in [0.15, 0.2) is 30.6 Å². The van der Waals surface area contributed by atoms with Gasteiger partial charge in [0, 0.05) is 24.8 Å². The average molecular weight is 263 g/mol. The number of benzene rings is 1. The molecule has 0 bridgehead atoms. The Kier molecular flexibility index (Phi) is 4.07. The second-order valence-corrected chi connectivity index (χ2v) is 4.01. The number of hydrogen-bond donors (Lipinski definition) is 2. The summed E-state index contributed by atoms with van der Waals surface area (Å²) >= 11 is 0. The lowest BCUT2D eigenvalue weighted by molar-refractivity contribution is 0.0952. The molecule has 1 aromatic heterocycles. The average Bonchev–Trinajstić information content (AvgIpc) is 2.91. The van der Waals surface area contributed by atoms with Gasteiger partial charge in [-0.25, -0.2) is 4.39 Å². The fourth-order valence-electron chi connectivity index (χ4n) is 1.58. The van der Waals surface area contributed by atoms with E-state index in [2.05, 4.69) is 15.6 Å². The van der Waals surface area contributed by atoms with E-state index in [1.807, 2.05) is 0 Å². The van der Waals surface area contributed by atoms with E-state index in [1.165, 1.54) is 18.2 Å². The lowest BCUT2D eigenvalue weighted by Gasteiger charge is -2.06. The number of carbonyl (C=O) groups excluding carboxylic acids is 1. The van der Waals surface area contributed by atoms with E-state index < -0.39 is 5.82 Å². The molecule has 0 aliphatic rings. The maximum atomic E-state index is 13.0. The van der Waals surface area contributed by atoms with Gasteiger partial charge in [0.05, 0.1) is 11.9 Å². The zero-order valence-electron chi connectivity index (χ0n) is 10.2. The lowest BCUT2D eigenvalue weighted by atomic mass is 10.2. The second-order valence-electron chi connectivity index (χ2n) is 4.01. The number of nitrogen functional groups attached to an aromatic ring is 1. The molecule has 0 aliphatic heterocycles. The molecule has 2 rings (SSSR count). The molecule has 0 spiro atoms. The van der Waals surface area contributed by atoms with Crippen molar-refractivity contribution in [1.29, 1.82) is 0 Å². The van der Waals surface area contributed by atoms with Crippen LogP contribution in [0.5, 0.6) is 0 Å². The highest BCUT2D eigenvalue weighted by Gasteiger charge is 2.07. The number of aromatic nitrogens is 3. The van der Waals surface area contributed by atoms with Crippen LogP contribution < -0.4 is 11.1 Å². The normalized spacial score (nSPS) is 10.4. The first-order valence-corrected chi connectivity index (χ1v) is 5.84. The fraction of sp³-hybridized carbons (Fsp3) is 0.250. The molecular formula is C12H14FN5O. The number of nitrogens with one attached hydrogen (secondary N) is 1. The predicted molar refractivity (Wildman–Crippen MR) is 67.8 cm³/mol. The minimum Gasteiger partial charge on any atom is -0.396 e. The molecule has 1 amide bonds. The maximum Gasteiger partial charge on any atom is 0.251 e. The van der Waals surface area contributed by atoms with Gasteiger partial charge >= 0.3 is 0 Å². The van der Waals surface area contributed by atoms with E-state index in [4.69, 9.17) is 5.73 Å². The highest BCUT2D eigenvalue weighted by Crippen LogP contribution is 2.11. The van der Waals surface area contributed by atoms with Gasteiger partial charge in [-0.3, -0.25) is 9.48 Å². The summed E-state index contributed by atoms with van der Waals surface area (Å²) in [7, 11) is 0. The van der Waals surface area contributed by atoms with Crippen LogP contribution in [0.1, 0.15) is 16.8 Å². The molecule has 2 aromatic rings. The quantitative estimate of drug-likeness (QED) is 0.617. The molecule has 0 radical (unpaired) electrons. The van der Waals surface area contributed by atoms with Crippen molar-refractivity contribution in [3.8, 4) is 0 Å². The molecule has 0 atom stereocenters. The molecule has 7 heteroatoms. The molecule has 0 saturated carbocycles. The number of nitrogens with zero attached hydrogens (tertiary/aromatic N) is 3. The Morgan fingerprint density at radius 1 is 1.47 bits per heavy atom. The van der Waals surface area contributed by atoms with Crippen molar-refractivity contribution in [2.75, 3.05) is 12.3 Å². The first-order chi connectivity index (χ1) is 9.16. The molecule has 1 heterocycles. The Hall–Kier alpha value is -2.44. The van der Waals surface area contributed by atoms with Gasteiger partial charge in [-0.1, -0.05) is 5.21 Å². The Bertz CT molecular complexity index is 555.